The van der Waals surface area contributed by atoms with Crippen LogP contribution in [0, 0.1) is 10.1 Å². The molecular weight excluding hydrogens is 448 g/mol. The molecule has 3 atom stereocenters. The second-order valence-electron chi connectivity index (χ2n) is 7.93. The van der Waals surface area contributed by atoms with Crippen LogP contribution in [0.4, 0.5) is 11.4 Å². The first kappa shape index (κ1) is 26.5. The smallest absolute Gasteiger partial charge is 0.270 e. The maximum Gasteiger partial charge on any atom is 0.270 e. The standard InChI is InChI=1S/C21H30N6O7/c1-2-3-4-5-16-20(31)24-15(18(22)29)8-9-23-14-7-6-12(27(33)34)10-13(14)19(30)26-17(11-28)21(32)25-16/h6-7,10,15-17,23,28H,2-5,8-9,11H2,1H3,(H2,22,29)(H,24,31)(H,25,32)(H,26,30)/t15-,16-,17-/m0/s1. The van der Waals surface area contributed by atoms with E-state index >= 15 is 0 Å². The lowest BCUT2D eigenvalue weighted by Crippen LogP contribution is -2.57. The monoisotopic (exact) mass is 478 g/mol. The van der Waals surface area contributed by atoms with Crippen LogP contribution in [-0.2, 0) is 14.4 Å². The molecule has 1 aliphatic rings. The molecule has 2 rings (SSSR count). The first-order chi connectivity index (χ1) is 16.2. The predicted octanol–water partition coefficient (Wildman–Crippen LogP) is -0.464. The molecule has 0 aromatic heterocycles. The third-order valence-electron chi connectivity index (χ3n) is 5.40. The largest absolute Gasteiger partial charge is 0.394 e. The molecule has 13 heteroatoms. The number of amides is 4. The maximum atomic E-state index is 12.9. The minimum atomic E-state index is -1.42. The number of unbranched alkanes of at least 4 members (excludes halogenated alkanes) is 2. The maximum absolute atomic E-state index is 12.9. The Morgan fingerprint density at radius 1 is 1.15 bits per heavy atom. The molecule has 13 nitrogen and oxygen atoms in total. The van der Waals surface area contributed by atoms with Crippen molar-refractivity contribution in [2.24, 2.45) is 5.73 Å². The van der Waals surface area contributed by atoms with Crippen molar-refractivity contribution in [3.63, 3.8) is 0 Å². The number of fused-ring (bicyclic) bond motifs is 1. The van der Waals surface area contributed by atoms with Crippen LogP contribution in [0.15, 0.2) is 18.2 Å². The third-order valence-corrected chi connectivity index (χ3v) is 5.40. The van der Waals surface area contributed by atoms with Gasteiger partial charge in [0.1, 0.15) is 18.1 Å². The number of carbonyl (C=O) groups is 4. The van der Waals surface area contributed by atoms with Crippen LogP contribution in [0.25, 0.3) is 0 Å². The molecule has 1 heterocycles. The lowest BCUT2D eigenvalue weighted by atomic mass is 10.0. The number of anilines is 1. The van der Waals surface area contributed by atoms with E-state index in [4.69, 9.17) is 5.73 Å². The molecular formula is C21H30N6O7. The summed E-state index contributed by atoms with van der Waals surface area (Å²) in [6.07, 6.45) is 2.63. The Kier molecular flexibility index (Phi) is 9.74. The zero-order valence-corrected chi connectivity index (χ0v) is 18.8. The second kappa shape index (κ2) is 12.5. The number of nitrogens with two attached hydrogens (primary N) is 1. The van der Waals surface area contributed by atoms with E-state index in [0.29, 0.717) is 6.42 Å². The van der Waals surface area contributed by atoms with Crippen molar-refractivity contribution in [1.29, 1.82) is 0 Å². The minimum Gasteiger partial charge on any atom is -0.394 e. The van der Waals surface area contributed by atoms with Crippen LogP contribution in [0.2, 0.25) is 0 Å². The summed E-state index contributed by atoms with van der Waals surface area (Å²) < 4.78 is 0. The zero-order valence-electron chi connectivity index (χ0n) is 18.8. The van der Waals surface area contributed by atoms with Crippen LogP contribution in [0.1, 0.15) is 49.4 Å². The molecule has 0 spiro atoms. The van der Waals surface area contributed by atoms with Crippen LogP contribution >= 0.6 is 0 Å². The number of nitrogens with one attached hydrogen (secondary N) is 4. The number of aliphatic hydroxyl groups excluding tert-OH is 1. The highest BCUT2D eigenvalue weighted by atomic mass is 16.6. The van der Waals surface area contributed by atoms with Gasteiger partial charge in [0.15, 0.2) is 0 Å². The van der Waals surface area contributed by atoms with Crippen molar-refractivity contribution in [3.05, 3.63) is 33.9 Å². The van der Waals surface area contributed by atoms with Gasteiger partial charge in [0, 0.05) is 24.4 Å². The summed E-state index contributed by atoms with van der Waals surface area (Å²) in [6.45, 7) is 1.30. The summed E-state index contributed by atoms with van der Waals surface area (Å²) in [7, 11) is 0. The van der Waals surface area contributed by atoms with Crippen LogP contribution in [0.3, 0.4) is 0 Å². The Bertz CT molecular complexity index is 938. The normalized spacial score (nSPS) is 21.7. The SMILES string of the molecule is CCCCC[C@@H]1NC(=O)[C@H](CO)NC(=O)c2cc([N+](=O)[O-])ccc2NCC[C@@H](C(N)=O)NC1=O. The Labute approximate surface area is 196 Å². The van der Waals surface area contributed by atoms with Gasteiger partial charge in [-0.3, -0.25) is 29.3 Å². The molecule has 0 saturated heterocycles. The highest BCUT2D eigenvalue weighted by Crippen LogP contribution is 2.22. The number of non-ortho nitro benzene ring substituents is 1. The highest BCUT2D eigenvalue weighted by Gasteiger charge is 2.30. The van der Waals surface area contributed by atoms with Gasteiger partial charge in [0.05, 0.1) is 17.1 Å². The molecule has 1 aliphatic heterocycles. The number of carbonyl (C=O) groups excluding carboxylic acids is 4. The van der Waals surface area contributed by atoms with E-state index in [9.17, 15) is 34.4 Å². The molecule has 4 amide bonds. The summed E-state index contributed by atoms with van der Waals surface area (Å²) in [5.41, 5.74) is 5.16. The van der Waals surface area contributed by atoms with Crippen molar-refractivity contribution in [1.82, 2.24) is 16.0 Å². The molecule has 1 aromatic rings. The Morgan fingerprint density at radius 2 is 1.85 bits per heavy atom. The number of primary amides is 1. The topological polar surface area (TPSA) is 206 Å². The fraction of sp³-hybridized carbons (Fsp3) is 0.524. The fourth-order valence-electron chi connectivity index (χ4n) is 3.47. The summed E-state index contributed by atoms with van der Waals surface area (Å²) >= 11 is 0. The number of aliphatic hydroxyl groups is 1. The third kappa shape index (κ3) is 7.13. The van der Waals surface area contributed by atoms with E-state index in [-0.39, 0.29) is 36.3 Å². The molecule has 0 saturated carbocycles. The molecule has 7 N–H and O–H groups in total. The number of rotatable bonds is 7. The highest BCUT2D eigenvalue weighted by molar-refractivity contribution is 6.03. The van der Waals surface area contributed by atoms with Gasteiger partial charge in [-0.25, -0.2) is 0 Å². The van der Waals surface area contributed by atoms with E-state index in [1.54, 1.807) is 0 Å². The first-order valence-corrected chi connectivity index (χ1v) is 11.0. The number of nitrogens with zero attached hydrogens (tertiary/aromatic N) is 1. The molecule has 0 aliphatic carbocycles. The predicted molar refractivity (Wildman–Crippen MR) is 122 cm³/mol. The van der Waals surface area contributed by atoms with Crippen LogP contribution < -0.4 is 27.0 Å². The van der Waals surface area contributed by atoms with E-state index in [0.717, 1.165) is 18.9 Å². The van der Waals surface area contributed by atoms with E-state index in [1.165, 1.54) is 12.1 Å². The van der Waals surface area contributed by atoms with Gasteiger partial charge in [-0.1, -0.05) is 26.2 Å². The Hall–Kier alpha value is -3.74. The van der Waals surface area contributed by atoms with Crippen LogP contribution in [-0.4, -0.2) is 64.9 Å². The average Bonchev–Trinajstić information content (AvgIpc) is 2.80. The van der Waals surface area contributed by atoms with Crippen molar-refractivity contribution >= 4 is 35.0 Å². The van der Waals surface area contributed by atoms with Gasteiger partial charge in [-0.05, 0) is 18.9 Å². The number of hydrogen-bond donors (Lipinski definition) is 6. The lowest BCUT2D eigenvalue weighted by molar-refractivity contribution is -0.384. The van der Waals surface area contributed by atoms with Gasteiger partial charge >= 0.3 is 0 Å². The molecule has 0 radical (unpaired) electrons. The molecule has 0 fully saturated rings. The van der Waals surface area contributed by atoms with E-state index < -0.39 is 53.3 Å². The van der Waals surface area contributed by atoms with Gasteiger partial charge in [0.2, 0.25) is 17.7 Å². The summed E-state index contributed by atoms with van der Waals surface area (Å²) in [5.74, 6) is -3.05. The van der Waals surface area contributed by atoms with Crippen molar-refractivity contribution in [2.75, 3.05) is 18.5 Å². The van der Waals surface area contributed by atoms with Crippen molar-refractivity contribution < 1.29 is 29.2 Å². The summed E-state index contributed by atoms with van der Waals surface area (Å²) in [6, 6.07) is 0.0439. The molecule has 34 heavy (non-hydrogen) atoms. The number of hydrogen-bond acceptors (Lipinski definition) is 8. The second-order valence-corrected chi connectivity index (χ2v) is 7.93. The zero-order chi connectivity index (χ0) is 25.3. The van der Waals surface area contributed by atoms with Gasteiger partial charge < -0.3 is 32.1 Å². The van der Waals surface area contributed by atoms with Gasteiger partial charge in [-0.15, -0.1) is 0 Å². The molecule has 186 valence electrons. The minimum absolute atomic E-state index is 0.0635. The number of benzene rings is 1. The summed E-state index contributed by atoms with van der Waals surface area (Å²) in [5, 5.41) is 31.2. The summed E-state index contributed by atoms with van der Waals surface area (Å²) in [4.78, 5) is 60.9. The molecule has 0 unspecified atom stereocenters. The quantitative estimate of drug-likeness (QED) is 0.171. The average molecular weight is 479 g/mol. The Balaban J connectivity index is 2.42. The van der Waals surface area contributed by atoms with E-state index in [2.05, 4.69) is 21.3 Å². The number of nitro groups is 1. The van der Waals surface area contributed by atoms with Crippen molar-refractivity contribution in [3.8, 4) is 0 Å². The Morgan fingerprint density at radius 3 is 2.47 bits per heavy atom. The van der Waals surface area contributed by atoms with E-state index in [1.807, 2.05) is 6.92 Å². The fourth-order valence-corrected chi connectivity index (χ4v) is 3.47. The van der Waals surface area contributed by atoms with Crippen LogP contribution in [0.5, 0.6) is 0 Å². The van der Waals surface area contributed by atoms with Gasteiger partial charge in [0.25, 0.3) is 11.6 Å². The van der Waals surface area contributed by atoms with Crippen molar-refractivity contribution in [2.45, 2.75) is 57.2 Å². The van der Waals surface area contributed by atoms with Gasteiger partial charge in [-0.2, -0.15) is 0 Å². The number of nitro benzene ring substituents is 1. The molecule has 1 aromatic carbocycles. The molecule has 0 bridgehead atoms. The lowest BCUT2D eigenvalue weighted by Gasteiger charge is -2.25. The first-order valence-electron chi connectivity index (χ1n) is 11.0.